The van der Waals surface area contributed by atoms with Gasteiger partial charge in [-0.05, 0) is 59.8 Å². The van der Waals surface area contributed by atoms with Crippen LogP contribution in [0.5, 0.6) is 11.5 Å². The molecule has 22 heavy (non-hydrogen) atoms. The van der Waals surface area contributed by atoms with Crippen LogP contribution < -0.4 is 9.47 Å². The lowest BCUT2D eigenvalue weighted by Crippen LogP contribution is -1.87. The van der Waals surface area contributed by atoms with Crippen molar-refractivity contribution in [3.05, 3.63) is 36.4 Å². The molecule has 0 bridgehead atoms. The molecule has 0 heterocycles. The number of ether oxygens (including phenoxy) is 2. The van der Waals surface area contributed by atoms with Crippen LogP contribution in [-0.4, -0.2) is 24.5 Å². The minimum absolute atomic E-state index is 0.620. The summed E-state index contributed by atoms with van der Waals surface area (Å²) < 4.78 is 10.7. The number of methoxy groups -OCH3 is 2. The minimum Gasteiger partial charge on any atom is -0.494 e. The first-order valence-electron chi connectivity index (χ1n) is 6.25. The topological polar surface area (TPSA) is 43.2 Å². The summed E-state index contributed by atoms with van der Waals surface area (Å²) in [6, 6.07) is 11.2. The molecule has 4 nitrogen and oxygen atoms in total. The quantitative estimate of drug-likeness (QED) is 0.582. The van der Waals surface area contributed by atoms with E-state index < -0.39 is 0 Å². The Hall–Kier alpha value is -2.36. The summed E-state index contributed by atoms with van der Waals surface area (Å²) in [5.74, 6) is 1.24. The highest BCUT2D eigenvalue weighted by molar-refractivity contribution is 7.78. The average molecular weight is 328 g/mol. The Balaban J connectivity index is 2.52. The van der Waals surface area contributed by atoms with E-state index in [0.717, 1.165) is 11.1 Å². The van der Waals surface area contributed by atoms with E-state index in [1.54, 1.807) is 14.2 Å². The van der Waals surface area contributed by atoms with E-state index in [1.165, 1.54) is 0 Å². The van der Waals surface area contributed by atoms with Crippen LogP contribution in [0.1, 0.15) is 0 Å². The van der Waals surface area contributed by atoms with Crippen molar-refractivity contribution in [2.24, 2.45) is 9.98 Å². The molecule has 2 rings (SSSR count). The molecule has 0 aromatic heterocycles. The van der Waals surface area contributed by atoms with E-state index in [9.17, 15) is 0 Å². The number of thiocarbonyl (C=S) groups is 2. The largest absolute Gasteiger partial charge is 0.494 e. The fraction of sp³-hybridized carbons (Fsp3) is 0.125. The minimum atomic E-state index is 0.620. The summed E-state index contributed by atoms with van der Waals surface area (Å²) in [4.78, 5) is 7.93. The van der Waals surface area contributed by atoms with Crippen molar-refractivity contribution >= 4 is 46.1 Å². The highest BCUT2D eigenvalue weighted by Crippen LogP contribution is 2.36. The first-order valence-corrected chi connectivity index (χ1v) is 7.07. The first-order chi connectivity index (χ1) is 10.7. The van der Waals surface area contributed by atoms with Crippen molar-refractivity contribution in [1.29, 1.82) is 0 Å². The molecule has 0 fully saturated rings. The Kier molecular flexibility index (Phi) is 5.53. The summed E-state index contributed by atoms with van der Waals surface area (Å²) in [5, 5.41) is 4.67. The number of isothiocyanates is 2. The number of rotatable bonds is 5. The lowest BCUT2D eigenvalue weighted by Gasteiger charge is -2.09. The van der Waals surface area contributed by atoms with Crippen LogP contribution in [0.15, 0.2) is 46.4 Å². The number of aliphatic imine (C=N–C) groups is 2. The van der Waals surface area contributed by atoms with Gasteiger partial charge in [0.25, 0.3) is 0 Å². The predicted molar refractivity (Wildman–Crippen MR) is 94.4 cm³/mol. The summed E-state index contributed by atoms with van der Waals surface area (Å²) in [6.07, 6.45) is 0. The summed E-state index contributed by atoms with van der Waals surface area (Å²) >= 11 is 9.25. The van der Waals surface area contributed by atoms with Crippen LogP contribution >= 0.6 is 24.4 Å². The van der Waals surface area contributed by atoms with Gasteiger partial charge in [-0.25, -0.2) is 0 Å². The van der Waals surface area contributed by atoms with Crippen molar-refractivity contribution < 1.29 is 9.47 Å². The molecule has 0 saturated heterocycles. The smallest absolute Gasteiger partial charge is 0.145 e. The molecule has 0 aliphatic rings. The maximum absolute atomic E-state index is 5.33. The third-order valence-electron chi connectivity index (χ3n) is 3.02. The van der Waals surface area contributed by atoms with Crippen molar-refractivity contribution in [2.75, 3.05) is 14.2 Å². The Morgan fingerprint density at radius 2 is 1.18 bits per heavy atom. The van der Waals surface area contributed by atoms with E-state index in [4.69, 9.17) is 9.47 Å². The molecule has 0 N–H and O–H groups in total. The van der Waals surface area contributed by atoms with Crippen LogP contribution in [0.2, 0.25) is 0 Å². The van der Waals surface area contributed by atoms with Crippen LogP contribution in [0.25, 0.3) is 11.1 Å². The monoisotopic (exact) mass is 328 g/mol. The van der Waals surface area contributed by atoms with Gasteiger partial charge in [-0.3, -0.25) is 0 Å². The van der Waals surface area contributed by atoms with Crippen molar-refractivity contribution in [2.45, 2.75) is 0 Å². The van der Waals surface area contributed by atoms with Crippen molar-refractivity contribution in [1.82, 2.24) is 0 Å². The molecule has 0 saturated carbocycles. The fourth-order valence-corrected chi connectivity index (χ4v) is 2.19. The van der Waals surface area contributed by atoms with Gasteiger partial charge in [0.15, 0.2) is 0 Å². The van der Waals surface area contributed by atoms with Gasteiger partial charge < -0.3 is 9.47 Å². The second-order valence-electron chi connectivity index (χ2n) is 4.18. The molecule has 0 radical (unpaired) electrons. The van der Waals surface area contributed by atoms with Gasteiger partial charge in [0.2, 0.25) is 0 Å². The maximum Gasteiger partial charge on any atom is 0.145 e. The van der Waals surface area contributed by atoms with E-state index in [0.29, 0.717) is 22.9 Å². The predicted octanol–water partition coefficient (Wildman–Crippen LogP) is 4.84. The summed E-state index contributed by atoms with van der Waals surface area (Å²) in [5.41, 5.74) is 3.18. The third-order valence-corrected chi connectivity index (χ3v) is 3.21. The second kappa shape index (κ2) is 7.59. The molecule has 0 aliphatic heterocycles. The Labute approximate surface area is 139 Å². The van der Waals surface area contributed by atoms with Gasteiger partial charge in [0.1, 0.15) is 22.9 Å². The molecule has 110 valence electrons. The zero-order valence-electron chi connectivity index (χ0n) is 12.0. The van der Waals surface area contributed by atoms with Gasteiger partial charge in [-0.15, -0.1) is 0 Å². The third kappa shape index (κ3) is 3.45. The molecule has 0 spiro atoms. The van der Waals surface area contributed by atoms with Gasteiger partial charge >= 0.3 is 0 Å². The fourth-order valence-electron chi connectivity index (χ4n) is 2.00. The first kappa shape index (κ1) is 16.0. The van der Waals surface area contributed by atoms with E-state index in [1.807, 2.05) is 36.4 Å². The molecule has 0 amide bonds. The van der Waals surface area contributed by atoms with E-state index in [2.05, 4.69) is 44.7 Å². The van der Waals surface area contributed by atoms with Crippen molar-refractivity contribution in [3.63, 3.8) is 0 Å². The van der Waals surface area contributed by atoms with E-state index in [-0.39, 0.29) is 0 Å². The number of benzene rings is 2. The van der Waals surface area contributed by atoms with Gasteiger partial charge in [-0.2, -0.15) is 9.98 Å². The maximum atomic E-state index is 5.33. The molecular weight excluding hydrogens is 316 g/mol. The Bertz CT molecular complexity index is 725. The van der Waals surface area contributed by atoms with Crippen molar-refractivity contribution in [3.8, 4) is 22.6 Å². The molecule has 2 aromatic carbocycles. The summed E-state index contributed by atoms with van der Waals surface area (Å²) in [6.45, 7) is 0. The molecular formula is C16H12N2O2S2. The normalized spacial score (nSPS) is 9.36. The SMILES string of the molecule is COc1cc(-c2ccc(N=C=S)c(OC)c2)ccc1N=C=S. The molecule has 0 aliphatic carbocycles. The standard InChI is InChI=1S/C16H12N2O2S2/c1-19-15-7-11(3-5-13(15)17-9-21)12-4-6-14(18-10-22)16(8-12)20-2/h3-8H,1-2H3. The van der Waals surface area contributed by atoms with Gasteiger partial charge in [0, 0.05) is 0 Å². The van der Waals surface area contributed by atoms with E-state index >= 15 is 0 Å². The Morgan fingerprint density at radius 3 is 1.50 bits per heavy atom. The lowest BCUT2D eigenvalue weighted by atomic mass is 10.0. The zero-order valence-corrected chi connectivity index (χ0v) is 13.6. The highest BCUT2D eigenvalue weighted by Gasteiger charge is 2.08. The number of nitrogens with zero attached hydrogens (tertiary/aromatic N) is 2. The molecule has 2 aromatic rings. The van der Waals surface area contributed by atoms with Gasteiger partial charge in [0.05, 0.1) is 24.5 Å². The van der Waals surface area contributed by atoms with Crippen LogP contribution in [-0.2, 0) is 0 Å². The molecule has 6 heteroatoms. The Morgan fingerprint density at radius 1 is 0.773 bits per heavy atom. The van der Waals surface area contributed by atoms with Gasteiger partial charge in [-0.1, -0.05) is 12.1 Å². The lowest BCUT2D eigenvalue weighted by molar-refractivity contribution is 0.415. The van der Waals surface area contributed by atoms with Crippen LogP contribution in [0, 0.1) is 0 Å². The van der Waals surface area contributed by atoms with Crippen LogP contribution in [0.4, 0.5) is 11.4 Å². The average Bonchev–Trinajstić information content (AvgIpc) is 2.56. The number of hydrogen-bond acceptors (Lipinski definition) is 6. The zero-order chi connectivity index (χ0) is 15.9. The highest BCUT2D eigenvalue weighted by atomic mass is 32.1. The number of hydrogen-bond donors (Lipinski definition) is 0. The second-order valence-corrected chi connectivity index (χ2v) is 4.54. The molecule has 0 atom stereocenters. The van der Waals surface area contributed by atoms with Crippen LogP contribution in [0.3, 0.4) is 0 Å². The molecule has 0 unspecified atom stereocenters. The summed E-state index contributed by atoms with van der Waals surface area (Å²) in [7, 11) is 3.17.